The van der Waals surface area contributed by atoms with E-state index in [1.54, 1.807) is 36.7 Å². The molecule has 2 rings (SSSR count). The van der Waals surface area contributed by atoms with Gasteiger partial charge in [-0.2, -0.15) is 0 Å². The molecule has 0 aliphatic rings. The maximum absolute atomic E-state index is 13.5. The van der Waals surface area contributed by atoms with Gasteiger partial charge in [-0.15, -0.1) is 0 Å². The molecule has 0 amide bonds. The van der Waals surface area contributed by atoms with Crippen LogP contribution in [0.2, 0.25) is 0 Å². The molecule has 2 aromatic rings. The SMILES string of the molecule is O=C(Cc1cc(Br)ccc1F)c1ccncc1. The molecule has 0 saturated carbocycles. The van der Waals surface area contributed by atoms with Crippen LogP contribution in [0, 0.1) is 5.82 Å². The molecule has 0 saturated heterocycles. The van der Waals surface area contributed by atoms with Crippen LogP contribution < -0.4 is 0 Å². The highest BCUT2D eigenvalue weighted by Gasteiger charge is 2.10. The predicted molar refractivity (Wildman–Crippen MR) is 66.4 cm³/mol. The highest BCUT2D eigenvalue weighted by atomic mass is 79.9. The zero-order chi connectivity index (χ0) is 12.3. The summed E-state index contributed by atoms with van der Waals surface area (Å²) in [5.74, 6) is -0.486. The number of carbonyl (C=O) groups is 1. The number of Topliss-reactive ketones (excluding diaryl/α,β-unsaturated/α-hetero) is 1. The van der Waals surface area contributed by atoms with Crippen molar-refractivity contribution in [1.29, 1.82) is 0 Å². The zero-order valence-electron chi connectivity index (χ0n) is 8.86. The highest BCUT2D eigenvalue weighted by Crippen LogP contribution is 2.17. The predicted octanol–water partition coefficient (Wildman–Crippen LogP) is 3.41. The number of aromatic nitrogens is 1. The van der Waals surface area contributed by atoms with Crippen LogP contribution >= 0.6 is 15.9 Å². The summed E-state index contributed by atoms with van der Waals surface area (Å²) in [6.45, 7) is 0. The molecule has 0 unspecified atom stereocenters. The summed E-state index contributed by atoms with van der Waals surface area (Å²) in [6.07, 6.45) is 3.14. The molecule has 0 bridgehead atoms. The molecular formula is C13H9BrFNO. The van der Waals surface area contributed by atoms with E-state index in [0.29, 0.717) is 11.1 Å². The number of nitrogens with zero attached hydrogens (tertiary/aromatic N) is 1. The van der Waals surface area contributed by atoms with Crippen LogP contribution in [-0.4, -0.2) is 10.8 Å². The van der Waals surface area contributed by atoms with Crippen LogP contribution in [0.3, 0.4) is 0 Å². The molecule has 86 valence electrons. The summed E-state index contributed by atoms with van der Waals surface area (Å²) in [7, 11) is 0. The van der Waals surface area contributed by atoms with Crippen LogP contribution in [0.5, 0.6) is 0 Å². The number of halogens is 2. The van der Waals surface area contributed by atoms with Gasteiger partial charge in [-0.3, -0.25) is 9.78 Å². The van der Waals surface area contributed by atoms with Crippen molar-refractivity contribution >= 4 is 21.7 Å². The number of ketones is 1. The smallest absolute Gasteiger partial charge is 0.167 e. The number of benzene rings is 1. The quantitative estimate of drug-likeness (QED) is 0.812. The van der Waals surface area contributed by atoms with Crippen molar-refractivity contribution in [3.8, 4) is 0 Å². The Morgan fingerprint density at radius 2 is 1.94 bits per heavy atom. The standard InChI is InChI=1S/C13H9BrFNO/c14-11-1-2-12(15)10(7-11)8-13(17)9-3-5-16-6-4-9/h1-7H,8H2. The number of hydrogen-bond donors (Lipinski definition) is 0. The molecule has 0 aliphatic carbocycles. The van der Waals surface area contributed by atoms with E-state index in [0.717, 1.165) is 4.47 Å². The Labute approximate surface area is 107 Å². The summed E-state index contributed by atoms with van der Waals surface area (Å²) in [4.78, 5) is 15.7. The Morgan fingerprint density at radius 1 is 1.24 bits per heavy atom. The molecule has 0 N–H and O–H groups in total. The highest BCUT2D eigenvalue weighted by molar-refractivity contribution is 9.10. The Kier molecular flexibility index (Phi) is 3.64. The number of pyridine rings is 1. The van der Waals surface area contributed by atoms with Gasteiger partial charge in [0.25, 0.3) is 0 Å². The fraction of sp³-hybridized carbons (Fsp3) is 0.0769. The maximum atomic E-state index is 13.5. The lowest BCUT2D eigenvalue weighted by atomic mass is 10.0. The minimum absolute atomic E-state index is 0.0509. The van der Waals surface area contributed by atoms with Crippen LogP contribution in [0.25, 0.3) is 0 Å². The van der Waals surface area contributed by atoms with Gasteiger partial charge in [-0.25, -0.2) is 4.39 Å². The summed E-state index contributed by atoms with van der Waals surface area (Å²) < 4.78 is 14.2. The monoisotopic (exact) mass is 293 g/mol. The van der Waals surface area contributed by atoms with Gasteiger partial charge < -0.3 is 0 Å². The van der Waals surface area contributed by atoms with Gasteiger partial charge in [0.05, 0.1) is 0 Å². The number of hydrogen-bond acceptors (Lipinski definition) is 2. The van der Waals surface area contributed by atoms with Crippen LogP contribution in [0.1, 0.15) is 15.9 Å². The summed E-state index contributed by atoms with van der Waals surface area (Å²) in [5.41, 5.74) is 0.931. The lowest BCUT2D eigenvalue weighted by Gasteiger charge is -2.03. The van der Waals surface area contributed by atoms with Crippen molar-refractivity contribution in [2.75, 3.05) is 0 Å². The first-order valence-electron chi connectivity index (χ1n) is 5.04. The van der Waals surface area contributed by atoms with Gasteiger partial charge in [0, 0.05) is 28.9 Å². The van der Waals surface area contributed by atoms with Gasteiger partial charge in [-0.05, 0) is 35.9 Å². The molecule has 0 spiro atoms. The van der Waals surface area contributed by atoms with Gasteiger partial charge in [0.2, 0.25) is 0 Å². The molecule has 1 aromatic heterocycles. The minimum Gasteiger partial charge on any atom is -0.294 e. The van der Waals surface area contributed by atoms with E-state index in [1.165, 1.54) is 6.07 Å². The van der Waals surface area contributed by atoms with Gasteiger partial charge in [0.15, 0.2) is 5.78 Å². The molecule has 1 aromatic carbocycles. The lowest BCUT2D eigenvalue weighted by molar-refractivity contribution is 0.0991. The second kappa shape index (κ2) is 5.19. The molecule has 17 heavy (non-hydrogen) atoms. The van der Waals surface area contributed by atoms with Gasteiger partial charge in [-0.1, -0.05) is 15.9 Å². The van der Waals surface area contributed by atoms with E-state index in [1.807, 2.05) is 0 Å². The summed E-state index contributed by atoms with van der Waals surface area (Å²) in [5, 5.41) is 0. The number of rotatable bonds is 3. The first kappa shape index (κ1) is 11.9. The Bertz CT molecular complexity index is 542. The maximum Gasteiger partial charge on any atom is 0.167 e. The average molecular weight is 294 g/mol. The molecule has 4 heteroatoms. The topological polar surface area (TPSA) is 30.0 Å². The molecule has 0 fully saturated rings. The van der Waals surface area contributed by atoms with Crippen molar-refractivity contribution in [3.63, 3.8) is 0 Å². The van der Waals surface area contributed by atoms with E-state index < -0.39 is 0 Å². The van der Waals surface area contributed by atoms with Crippen LogP contribution in [0.15, 0.2) is 47.2 Å². The second-order valence-electron chi connectivity index (χ2n) is 3.57. The van der Waals surface area contributed by atoms with Crippen molar-refractivity contribution in [3.05, 3.63) is 64.1 Å². The number of carbonyl (C=O) groups excluding carboxylic acids is 1. The van der Waals surface area contributed by atoms with Crippen molar-refractivity contribution in [2.24, 2.45) is 0 Å². The Balaban J connectivity index is 2.22. The molecule has 2 nitrogen and oxygen atoms in total. The van der Waals surface area contributed by atoms with Crippen molar-refractivity contribution < 1.29 is 9.18 Å². The van der Waals surface area contributed by atoms with Gasteiger partial charge >= 0.3 is 0 Å². The van der Waals surface area contributed by atoms with Crippen molar-refractivity contribution in [2.45, 2.75) is 6.42 Å². The van der Waals surface area contributed by atoms with Gasteiger partial charge in [0.1, 0.15) is 5.82 Å². The second-order valence-corrected chi connectivity index (χ2v) is 4.49. The average Bonchev–Trinajstić information content (AvgIpc) is 2.35. The molecule has 0 radical (unpaired) electrons. The normalized spacial score (nSPS) is 10.2. The van der Waals surface area contributed by atoms with Crippen LogP contribution in [-0.2, 0) is 6.42 Å². The summed E-state index contributed by atoms with van der Waals surface area (Å²) >= 11 is 3.25. The Morgan fingerprint density at radius 3 is 2.65 bits per heavy atom. The fourth-order valence-electron chi connectivity index (χ4n) is 1.49. The van der Waals surface area contributed by atoms with E-state index in [9.17, 15) is 9.18 Å². The third-order valence-electron chi connectivity index (χ3n) is 2.36. The summed E-state index contributed by atoms with van der Waals surface area (Å²) in [6, 6.07) is 7.82. The zero-order valence-corrected chi connectivity index (χ0v) is 10.4. The van der Waals surface area contributed by atoms with E-state index >= 15 is 0 Å². The third kappa shape index (κ3) is 2.97. The van der Waals surface area contributed by atoms with Crippen LogP contribution in [0.4, 0.5) is 4.39 Å². The molecule has 0 aliphatic heterocycles. The fourth-order valence-corrected chi connectivity index (χ4v) is 1.90. The first-order valence-corrected chi connectivity index (χ1v) is 5.83. The molecular weight excluding hydrogens is 285 g/mol. The molecule has 1 heterocycles. The first-order chi connectivity index (χ1) is 8.16. The Hall–Kier alpha value is -1.55. The van der Waals surface area contributed by atoms with E-state index in [-0.39, 0.29) is 18.0 Å². The molecule has 0 atom stereocenters. The lowest BCUT2D eigenvalue weighted by Crippen LogP contribution is -2.05. The van der Waals surface area contributed by atoms with E-state index in [2.05, 4.69) is 20.9 Å². The van der Waals surface area contributed by atoms with Crippen molar-refractivity contribution in [1.82, 2.24) is 4.98 Å². The largest absolute Gasteiger partial charge is 0.294 e. The third-order valence-corrected chi connectivity index (χ3v) is 2.85. The van der Waals surface area contributed by atoms with E-state index in [4.69, 9.17) is 0 Å². The minimum atomic E-state index is -0.365.